The van der Waals surface area contributed by atoms with Gasteiger partial charge in [-0.1, -0.05) is 6.07 Å². The second-order valence-corrected chi connectivity index (χ2v) is 6.57. The Bertz CT molecular complexity index is 827. The second-order valence-electron chi connectivity index (χ2n) is 4.77. The molecule has 0 atom stereocenters. The minimum atomic E-state index is -0.417. The number of rotatable bonds is 6. The molecule has 5 nitrogen and oxygen atoms in total. The van der Waals surface area contributed by atoms with Gasteiger partial charge in [-0.25, -0.2) is 9.78 Å². The molecular formula is C17H15NO4S2. The number of esters is 1. The maximum absolute atomic E-state index is 11.6. The van der Waals surface area contributed by atoms with Gasteiger partial charge in [0.25, 0.3) is 0 Å². The Morgan fingerprint density at radius 2 is 2.04 bits per heavy atom. The molecule has 2 aromatic heterocycles. The van der Waals surface area contributed by atoms with E-state index in [-0.39, 0.29) is 0 Å². The van der Waals surface area contributed by atoms with E-state index in [2.05, 4.69) is 4.98 Å². The van der Waals surface area contributed by atoms with E-state index in [1.54, 1.807) is 40.9 Å². The largest absolute Gasteiger partial charge is 0.493 e. The summed E-state index contributed by atoms with van der Waals surface area (Å²) in [6.07, 6.45) is 0. The Balaban J connectivity index is 1.71. The van der Waals surface area contributed by atoms with Crippen LogP contribution in [0.5, 0.6) is 11.5 Å². The van der Waals surface area contributed by atoms with E-state index >= 15 is 0 Å². The summed E-state index contributed by atoms with van der Waals surface area (Å²) in [4.78, 5) is 17.3. The van der Waals surface area contributed by atoms with Crippen molar-refractivity contribution in [2.75, 3.05) is 14.2 Å². The Morgan fingerprint density at radius 1 is 1.17 bits per heavy atom. The SMILES string of the molecule is COC(=O)c1ccc(OCc2csc(-c3cccs3)n2)c(OC)c1. The number of carbonyl (C=O) groups is 1. The second kappa shape index (κ2) is 7.46. The van der Waals surface area contributed by atoms with Crippen LogP contribution in [0.1, 0.15) is 16.1 Å². The summed E-state index contributed by atoms with van der Waals surface area (Å²) in [6.45, 7) is 0.329. The van der Waals surface area contributed by atoms with E-state index in [9.17, 15) is 4.79 Å². The molecule has 0 fully saturated rings. The molecular weight excluding hydrogens is 346 g/mol. The molecule has 0 unspecified atom stereocenters. The fourth-order valence-electron chi connectivity index (χ4n) is 2.07. The van der Waals surface area contributed by atoms with Gasteiger partial charge >= 0.3 is 5.97 Å². The first-order valence-corrected chi connectivity index (χ1v) is 8.84. The van der Waals surface area contributed by atoms with E-state index in [4.69, 9.17) is 14.2 Å². The van der Waals surface area contributed by atoms with Crippen LogP contribution in [-0.4, -0.2) is 25.2 Å². The quantitative estimate of drug-likeness (QED) is 0.615. The molecule has 3 aromatic rings. The van der Waals surface area contributed by atoms with Crippen molar-refractivity contribution in [2.45, 2.75) is 6.61 Å². The van der Waals surface area contributed by atoms with Crippen LogP contribution >= 0.6 is 22.7 Å². The van der Waals surface area contributed by atoms with Gasteiger partial charge in [0.05, 0.1) is 30.4 Å². The maximum Gasteiger partial charge on any atom is 0.337 e. The molecule has 0 aliphatic rings. The van der Waals surface area contributed by atoms with Crippen molar-refractivity contribution in [3.63, 3.8) is 0 Å². The van der Waals surface area contributed by atoms with Gasteiger partial charge < -0.3 is 14.2 Å². The summed E-state index contributed by atoms with van der Waals surface area (Å²) in [5, 5.41) is 4.99. The monoisotopic (exact) mass is 361 g/mol. The molecule has 0 aliphatic heterocycles. The Hall–Kier alpha value is -2.38. The number of methoxy groups -OCH3 is 2. The third-order valence-corrected chi connectivity index (χ3v) is 5.17. The number of thiophene rings is 1. The molecule has 1 aromatic carbocycles. The van der Waals surface area contributed by atoms with E-state index in [1.165, 1.54) is 14.2 Å². The first-order chi connectivity index (χ1) is 11.7. The van der Waals surface area contributed by atoms with Crippen LogP contribution < -0.4 is 9.47 Å². The smallest absolute Gasteiger partial charge is 0.337 e. The highest BCUT2D eigenvalue weighted by molar-refractivity contribution is 7.20. The summed E-state index contributed by atoms with van der Waals surface area (Å²) in [6, 6.07) is 8.98. The highest BCUT2D eigenvalue weighted by Crippen LogP contribution is 2.31. The molecule has 0 N–H and O–H groups in total. The van der Waals surface area contributed by atoms with Gasteiger partial charge in [-0.2, -0.15) is 0 Å². The highest BCUT2D eigenvalue weighted by Gasteiger charge is 2.12. The van der Waals surface area contributed by atoms with Gasteiger partial charge in [0.2, 0.25) is 0 Å². The van der Waals surface area contributed by atoms with Gasteiger partial charge in [0.15, 0.2) is 11.5 Å². The summed E-state index contributed by atoms with van der Waals surface area (Å²) < 4.78 is 15.8. The molecule has 7 heteroatoms. The molecule has 0 aliphatic carbocycles. The molecule has 0 bridgehead atoms. The maximum atomic E-state index is 11.6. The van der Waals surface area contributed by atoms with Gasteiger partial charge in [-0.3, -0.25) is 0 Å². The Kier molecular flexibility index (Phi) is 5.12. The zero-order chi connectivity index (χ0) is 16.9. The number of hydrogen-bond donors (Lipinski definition) is 0. The van der Waals surface area contributed by atoms with Crippen LogP contribution in [0.3, 0.4) is 0 Å². The van der Waals surface area contributed by atoms with Crippen molar-refractivity contribution >= 4 is 28.6 Å². The van der Waals surface area contributed by atoms with Gasteiger partial charge in [-0.05, 0) is 29.6 Å². The van der Waals surface area contributed by atoms with E-state index in [0.29, 0.717) is 23.7 Å². The zero-order valence-electron chi connectivity index (χ0n) is 13.1. The molecule has 24 heavy (non-hydrogen) atoms. The van der Waals surface area contributed by atoms with Gasteiger partial charge in [-0.15, -0.1) is 22.7 Å². The molecule has 3 rings (SSSR count). The zero-order valence-corrected chi connectivity index (χ0v) is 14.8. The van der Waals surface area contributed by atoms with Crippen LogP contribution in [0.25, 0.3) is 9.88 Å². The normalized spacial score (nSPS) is 10.4. The van der Waals surface area contributed by atoms with Crippen LogP contribution in [0.4, 0.5) is 0 Å². The molecule has 124 valence electrons. The van der Waals surface area contributed by atoms with Crippen molar-refractivity contribution in [1.29, 1.82) is 0 Å². The van der Waals surface area contributed by atoms with E-state index in [0.717, 1.165) is 15.6 Å². The lowest BCUT2D eigenvalue weighted by atomic mass is 10.2. The first kappa shape index (κ1) is 16.5. The molecule has 2 heterocycles. The first-order valence-electron chi connectivity index (χ1n) is 7.08. The third kappa shape index (κ3) is 3.58. The summed E-state index contributed by atoms with van der Waals surface area (Å²) in [5.74, 6) is 0.613. The molecule has 0 amide bonds. The van der Waals surface area contributed by atoms with Crippen LogP contribution in [0, 0.1) is 0 Å². The number of thiazole rings is 1. The van der Waals surface area contributed by atoms with E-state index < -0.39 is 5.97 Å². The number of carbonyl (C=O) groups excluding carboxylic acids is 1. The lowest BCUT2D eigenvalue weighted by Crippen LogP contribution is -2.03. The number of nitrogens with zero attached hydrogens (tertiary/aromatic N) is 1. The van der Waals surface area contributed by atoms with Gasteiger partial charge in [0.1, 0.15) is 11.6 Å². The summed E-state index contributed by atoms with van der Waals surface area (Å²) >= 11 is 3.25. The topological polar surface area (TPSA) is 57.7 Å². The van der Waals surface area contributed by atoms with Crippen molar-refractivity contribution in [1.82, 2.24) is 4.98 Å². The lowest BCUT2D eigenvalue weighted by Gasteiger charge is -2.10. The van der Waals surface area contributed by atoms with Crippen molar-refractivity contribution < 1.29 is 19.0 Å². The predicted molar refractivity (Wildman–Crippen MR) is 94.1 cm³/mol. The molecule has 0 saturated heterocycles. The summed E-state index contributed by atoms with van der Waals surface area (Å²) in [5.41, 5.74) is 1.26. The van der Waals surface area contributed by atoms with Gasteiger partial charge in [0, 0.05) is 5.38 Å². The van der Waals surface area contributed by atoms with Crippen LogP contribution in [-0.2, 0) is 11.3 Å². The average molecular weight is 361 g/mol. The van der Waals surface area contributed by atoms with E-state index in [1.807, 2.05) is 22.9 Å². The standard InChI is InChI=1S/C17H15NO4S2/c1-20-14-8-11(17(19)21-2)5-6-13(14)22-9-12-10-24-16(18-12)15-4-3-7-23-15/h3-8,10H,9H2,1-2H3. The molecule has 0 radical (unpaired) electrons. The Morgan fingerprint density at radius 3 is 2.75 bits per heavy atom. The molecule has 0 saturated carbocycles. The fraction of sp³-hybridized carbons (Fsp3) is 0.176. The van der Waals surface area contributed by atoms with Crippen LogP contribution in [0.2, 0.25) is 0 Å². The van der Waals surface area contributed by atoms with Crippen LogP contribution in [0.15, 0.2) is 41.1 Å². The minimum absolute atomic E-state index is 0.329. The Labute approximate surface area is 147 Å². The average Bonchev–Trinajstić information content (AvgIpc) is 3.30. The number of benzene rings is 1. The fourth-order valence-corrected chi connectivity index (χ4v) is 3.69. The summed E-state index contributed by atoms with van der Waals surface area (Å²) in [7, 11) is 2.87. The lowest BCUT2D eigenvalue weighted by molar-refractivity contribution is 0.0600. The van der Waals surface area contributed by atoms with Crippen molar-refractivity contribution in [3.05, 3.63) is 52.3 Å². The predicted octanol–water partition coefficient (Wildman–Crippen LogP) is 4.25. The van der Waals surface area contributed by atoms with Crippen molar-refractivity contribution in [3.8, 4) is 21.4 Å². The number of ether oxygens (including phenoxy) is 3. The van der Waals surface area contributed by atoms with Crippen molar-refractivity contribution in [2.24, 2.45) is 0 Å². The highest BCUT2D eigenvalue weighted by atomic mass is 32.1. The minimum Gasteiger partial charge on any atom is -0.493 e. The molecule has 0 spiro atoms. The number of aromatic nitrogens is 1. The third-order valence-electron chi connectivity index (χ3n) is 3.24. The number of hydrogen-bond acceptors (Lipinski definition) is 7.